The molecule has 116 valence electrons. The molecular formula is C17H27N3O. The fourth-order valence-electron chi connectivity index (χ4n) is 3.35. The highest BCUT2D eigenvalue weighted by Gasteiger charge is 2.34. The average Bonchev–Trinajstić information content (AvgIpc) is 2.83. The van der Waals surface area contributed by atoms with Crippen LogP contribution in [0.15, 0.2) is 12.1 Å². The van der Waals surface area contributed by atoms with Crippen molar-refractivity contribution in [3.8, 4) is 0 Å². The minimum absolute atomic E-state index is 0.414. The normalized spacial score (nSPS) is 24.6. The Morgan fingerprint density at radius 2 is 2.00 bits per heavy atom. The lowest BCUT2D eigenvalue weighted by Crippen LogP contribution is -2.43. The summed E-state index contributed by atoms with van der Waals surface area (Å²) in [5.74, 6) is 1.15. The van der Waals surface area contributed by atoms with Gasteiger partial charge in [-0.1, -0.05) is 20.3 Å². The van der Waals surface area contributed by atoms with Gasteiger partial charge in [0.05, 0.1) is 12.2 Å². The summed E-state index contributed by atoms with van der Waals surface area (Å²) in [4.78, 5) is 7.33. The van der Waals surface area contributed by atoms with Crippen molar-refractivity contribution in [2.45, 2.75) is 58.3 Å². The molecule has 0 aromatic carbocycles. The average molecular weight is 289 g/mol. The van der Waals surface area contributed by atoms with Crippen LogP contribution in [0.3, 0.4) is 0 Å². The van der Waals surface area contributed by atoms with Gasteiger partial charge in [0, 0.05) is 25.3 Å². The highest BCUT2D eigenvalue weighted by Crippen LogP contribution is 2.29. The van der Waals surface area contributed by atoms with Crippen molar-refractivity contribution in [3.63, 3.8) is 0 Å². The highest BCUT2D eigenvalue weighted by molar-refractivity contribution is 5.44. The van der Waals surface area contributed by atoms with Gasteiger partial charge in [-0.25, -0.2) is 4.98 Å². The molecule has 3 rings (SSSR count). The van der Waals surface area contributed by atoms with E-state index in [4.69, 9.17) is 9.72 Å². The SMILES string of the molecule is CCCc1cc(CNCC)cc(N2CC3CCC(C2)O3)n1. The third-order valence-corrected chi connectivity index (χ3v) is 4.38. The minimum atomic E-state index is 0.414. The van der Waals surface area contributed by atoms with Crippen molar-refractivity contribution in [1.29, 1.82) is 0 Å². The molecule has 2 saturated heterocycles. The lowest BCUT2D eigenvalue weighted by Gasteiger charge is -2.33. The molecule has 4 nitrogen and oxygen atoms in total. The van der Waals surface area contributed by atoms with Crippen LogP contribution in [0, 0.1) is 0 Å². The van der Waals surface area contributed by atoms with Crippen LogP contribution in [-0.4, -0.2) is 36.8 Å². The third-order valence-electron chi connectivity index (χ3n) is 4.38. The number of anilines is 1. The van der Waals surface area contributed by atoms with Gasteiger partial charge in [-0.3, -0.25) is 0 Å². The quantitative estimate of drug-likeness (QED) is 0.873. The first-order valence-corrected chi connectivity index (χ1v) is 8.39. The Bertz CT molecular complexity index is 465. The molecule has 0 amide bonds. The van der Waals surface area contributed by atoms with E-state index in [0.717, 1.165) is 44.8 Å². The van der Waals surface area contributed by atoms with E-state index in [-0.39, 0.29) is 0 Å². The molecule has 2 atom stereocenters. The zero-order chi connectivity index (χ0) is 14.7. The van der Waals surface area contributed by atoms with Crippen molar-refractivity contribution in [2.24, 2.45) is 0 Å². The number of pyridine rings is 1. The van der Waals surface area contributed by atoms with Gasteiger partial charge in [-0.15, -0.1) is 0 Å². The van der Waals surface area contributed by atoms with Crippen LogP contribution in [0.2, 0.25) is 0 Å². The van der Waals surface area contributed by atoms with Crippen LogP contribution in [0.1, 0.15) is 44.4 Å². The Balaban J connectivity index is 1.80. The van der Waals surface area contributed by atoms with Gasteiger partial charge in [-0.2, -0.15) is 0 Å². The lowest BCUT2D eigenvalue weighted by molar-refractivity contribution is 0.0302. The Labute approximate surface area is 127 Å². The summed E-state index contributed by atoms with van der Waals surface area (Å²) in [6.45, 7) is 8.30. The van der Waals surface area contributed by atoms with Gasteiger partial charge in [0.2, 0.25) is 0 Å². The van der Waals surface area contributed by atoms with Crippen molar-refractivity contribution in [2.75, 3.05) is 24.5 Å². The van der Waals surface area contributed by atoms with E-state index in [1.807, 2.05) is 0 Å². The van der Waals surface area contributed by atoms with Gasteiger partial charge in [0.25, 0.3) is 0 Å². The van der Waals surface area contributed by atoms with Crippen LogP contribution < -0.4 is 10.2 Å². The summed E-state index contributed by atoms with van der Waals surface area (Å²) in [5, 5.41) is 3.42. The van der Waals surface area contributed by atoms with E-state index in [2.05, 4.69) is 36.2 Å². The molecule has 4 heteroatoms. The van der Waals surface area contributed by atoms with Crippen molar-refractivity contribution < 1.29 is 4.74 Å². The van der Waals surface area contributed by atoms with Crippen LogP contribution in [0.4, 0.5) is 5.82 Å². The first-order valence-electron chi connectivity index (χ1n) is 8.39. The van der Waals surface area contributed by atoms with Crippen molar-refractivity contribution in [3.05, 3.63) is 23.4 Å². The molecule has 0 saturated carbocycles. The second kappa shape index (κ2) is 6.75. The number of aryl methyl sites for hydroxylation is 1. The molecule has 2 aliphatic rings. The molecule has 3 heterocycles. The fraction of sp³-hybridized carbons (Fsp3) is 0.706. The number of ether oxygens (including phenoxy) is 1. The van der Waals surface area contributed by atoms with E-state index < -0.39 is 0 Å². The lowest BCUT2D eigenvalue weighted by atomic mass is 10.1. The third kappa shape index (κ3) is 3.55. The molecule has 0 aliphatic carbocycles. The predicted molar refractivity (Wildman–Crippen MR) is 85.7 cm³/mol. The second-order valence-corrected chi connectivity index (χ2v) is 6.22. The molecule has 21 heavy (non-hydrogen) atoms. The molecule has 2 aliphatic heterocycles. The van der Waals surface area contributed by atoms with E-state index in [1.165, 1.54) is 24.1 Å². The first-order chi connectivity index (χ1) is 10.3. The van der Waals surface area contributed by atoms with E-state index in [9.17, 15) is 0 Å². The Morgan fingerprint density at radius 3 is 2.67 bits per heavy atom. The van der Waals surface area contributed by atoms with Gasteiger partial charge in [-0.05, 0) is 43.5 Å². The Morgan fingerprint density at radius 1 is 1.24 bits per heavy atom. The number of morpholine rings is 1. The smallest absolute Gasteiger partial charge is 0.129 e. The van der Waals surface area contributed by atoms with Crippen molar-refractivity contribution >= 4 is 5.82 Å². The molecule has 2 bridgehead atoms. The van der Waals surface area contributed by atoms with E-state index in [1.54, 1.807) is 0 Å². The van der Waals surface area contributed by atoms with Gasteiger partial charge in [0.15, 0.2) is 0 Å². The van der Waals surface area contributed by atoms with Crippen LogP contribution in [0.5, 0.6) is 0 Å². The number of rotatable bonds is 6. The summed E-state index contributed by atoms with van der Waals surface area (Å²) in [5.41, 5.74) is 2.57. The van der Waals surface area contributed by atoms with Crippen molar-refractivity contribution in [1.82, 2.24) is 10.3 Å². The number of hydrogen-bond donors (Lipinski definition) is 1. The summed E-state index contributed by atoms with van der Waals surface area (Å²) >= 11 is 0. The summed E-state index contributed by atoms with van der Waals surface area (Å²) in [7, 11) is 0. The zero-order valence-corrected chi connectivity index (χ0v) is 13.3. The molecule has 1 aromatic rings. The number of fused-ring (bicyclic) bond motifs is 2. The maximum absolute atomic E-state index is 5.94. The van der Waals surface area contributed by atoms with Gasteiger partial charge < -0.3 is 15.0 Å². The number of hydrogen-bond acceptors (Lipinski definition) is 4. The number of nitrogens with one attached hydrogen (secondary N) is 1. The summed E-state index contributed by atoms with van der Waals surface area (Å²) in [6.07, 6.45) is 5.45. The molecule has 1 aromatic heterocycles. The van der Waals surface area contributed by atoms with Crippen LogP contribution in [-0.2, 0) is 17.7 Å². The molecule has 2 unspecified atom stereocenters. The first kappa shape index (κ1) is 14.8. The fourth-order valence-corrected chi connectivity index (χ4v) is 3.35. The number of nitrogens with zero attached hydrogens (tertiary/aromatic N) is 2. The van der Waals surface area contributed by atoms with Gasteiger partial charge >= 0.3 is 0 Å². The topological polar surface area (TPSA) is 37.4 Å². The standard InChI is InChI=1S/C17H27N3O/c1-3-5-14-8-13(10-18-4-2)9-17(19-14)20-11-15-6-7-16(12-20)21-15/h8-9,15-16,18H,3-7,10-12H2,1-2H3. The Kier molecular flexibility index (Phi) is 4.76. The molecule has 2 fully saturated rings. The minimum Gasteiger partial charge on any atom is -0.371 e. The summed E-state index contributed by atoms with van der Waals surface area (Å²) in [6, 6.07) is 4.51. The molecule has 0 radical (unpaired) electrons. The van der Waals surface area contributed by atoms with Crippen LogP contribution >= 0.6 is 0 Å². The molecular weight excluding hydrogens is 262 g/mol. The molecule has 1 N–H and O–H groups in total. The number of aromatic nitrogens is 1. The molecule has 0 spiro atoms. The van der Waals surface area contributed by atoms with E-state index in [0.29, 0.717) is 12.2 Å². The summed E-state index contributed by atoms with van der Waals surface area (Å²) < 4.78 is 5.94. The predicted octanol–water partition coefficient (Wildman–Crippen LogP) is 2.51. The highest BCUT2D eigenvalue weighted by atomic mass is 16.5. The monoisotopic (exact) mass is 289 g/mol. The maximum atomic E-state index is 5.94. The largest absolute Gasteiger partial charge is 0.371 e. The zero-order valence-electron chi connectivity index (χ0n) is 13.3. The van der Waals surface area contributed by atoms with E-state index >= 15 is 0 Å². The Hall–Kier alpha value is -1.13. The second-order valence-electron chi connectivity index (χ2n) is 6.22. The maximum Gasteiger partial charge on any atom is 0.129 e. The van der Waals surface area contributed by atoms with Gasteiger partial charge in [0.1, 0.15) is 5.82 Å². The van der Waals surface area contributed by atoms with Crippen LogP contribution in [0.25, 0.3) is 0 Å².